The normalized spacial score (nSPS) is 11.9. The second-order valence-electron chi connectivity index (χ2n) is 3.33. The van der Waals surface area contributed by atoms with Crippen LogP contribution in [-0.2, 0) is 0 Å². The first kappa shape index (κ1) is 11.5. The van der Waals surface area contributed by atoms with Gasteiger partial charge < -0.3 is 10.4 Å². The van der Waals surface area contributed by atoms with Gasteiger partial charge in [0.05, 0.1) is 5.69 Å². The molecule has 0 amide bonds. The molecule has 0 saturated carbocycles. The monoisotopic (exact) mass is 208 g/mol. The highest BCUT2D eigenvalue weighted by atomic mass is 19.1. The van der Waals surface area contributed by atoms with Crippen LogP contribution >= 0.6 is 0 Å². The van der Waals surface area contributed by atoms with E-state index in [1.54, 1.807) is 12.1 Å². The van der Waals surface area contributed by atoms with Gasteiger partial charge >= 0.3 is 0 Å². The molecular formula is C11H13FN2O. The molecule has 0 aliphatic carbocycles. The summed E-state index contributed by atoms with van der Waals surface area (Å²) in [7, 11) is 0. The largest absolute Gasteiger partial charge is 0.396 e. The third-order valence-electron chi connectivity index (χ3n) is 2.09. The zero-order valence-corrected chi connectivity index (χ0v) is 8.50. The molecule has 1 rings (SSSR count). The fourth-order valence-electron chi connectivity index (χ4n) is 1.29. The fraction of sp³-hybridized carbons (Fsp3) is 0.364. The molecule has 0 heterocycles. The highest BCUT2D eigenvalue weighted by Crippen LogP contribution is 2.18. The second kappa shape index (κ2) is 5.32. The van der Waals surface area contributed by atoms with Gasteiger partial charge in [0.15, 0.2) is 0 Å². The van der Waals surface area contributed by atoms with Crippen molar-refractivity contribution in [2.24, 2.45) is 0 Å². The van der Waals surface area contributed by atoms with Gasteiger partial charge in [0.2, 0.25) is 0 Å². The van der Waals surface area contributed by atoms with E-state index in [1.807, 2.05) is 13.0 Å². The molecule has 0 aromatic heterocycles. The van der Waals surface area contributed by atoms with Crippen LogP contribution in [0.15, 0.2) is 18.2 Å². The summed E-state index contributed by atoms with van der Waals surface area (Å²) >= 11 is 0. The van der Waals surface area contributed by atoms with Crippen LogP contribution in [0.1, 0.15) is 18.9 Å². The Morgan fingerprint density at radius 1 is 1.60 bits per heavy atom. The van der Waals surface area contributed by atoms with Gasteiger partial charge in [-0.15, -0.1) is 0 Å². The van der Waals surface area contributed by atoms with Crippen molar-refractivity contribution in [2.45, 2.75) is 19.4 Å². The average molecular weight is 208 g/mol. The van der Waals surface area contributed by atoms with Crippen LogP contribution in [0.3, 0.4) is 0 Å². The molecule has 1 atom stereocenters. The number of anilines is 1. The molecule has 80 valence electrons. The molecule has 0 bridgehead atoms. The van der Waals surface area contributed by atoms with Crippen LogP contribution in [0.25, 0.3) is 0 Å². The second-order valence-corrected chi connectivity index (χ2v) is 3.33. The summed E-state index contributed by atoms with van der Waals surface area (Å²) in [5, 5.41) is 20.5. The first-order valence-electron chi connectivity index (χ1n) is 4.75. The predicted octanol–water partition coefficient (Wildman–Crippen LogP) is 1.88. The molecule has 0 spiro atoms. The van der Waals surface area contributed by atoms with Gasteiger partial charge in [-0.25, -0.2) is 4.39 Å². The quantitative estimate of drug-likeness (QED) is 0.794. The molecular weight excluding hydrogens is 195 g/mol. The molecule has 1 aromatic rings. The van der Waals surface area contributed by atoms with E-state index < -0.39 is 5.82 Å². The minimum Gasteiger partial charge on any atom is -0.396 e. The first-order chi connectivity index (χ1) is 7.19. The third kappa shape index (κ3) is 2.93. The summed E-state index contributed by atoms with van der Waals surface area (Å²) in [4.78, 5) is 0. The number of rotatable bonds is 4. The minimum atomic E-state index is -0.529. The summed E-state index contributed by atoms with van der Waals surface area (Å²) in [5.74, 6) is -0.529. The minimum absolute atomic E-state index is 0.00361. The number of nitrogens with one attached hydrogen (secondary N) is 1. The zero-order valence-electron chi connectivity index (χ0n) is 8.50. The van der Waals surface area contributed by atoms with Crippen LogP contribution in [-0.4, -0.2) is 17.8 Å². The Labute approximate surface area is 88.2 Å². The Bertz CT molecular complexity index is 373. The SMILES string of the molecule is CC(CCO)Nc1cccc(F)c1C#N. The van der Waals surface area contributed by atoms with Crippen LogP contribution in [0.5, 0.6) is 0 Å². The van der Waals surface area contributed by atoms with Gasteiger partial charge in [-0.3, -0.25) is 0 Å². The molecule has 0 saturated heterocycles. The molecule has 0 aliphatic heterocycles. The summed E-state index contributed by atoms with van der Waals surface area (Å²) in [6.45, 7) is 1.92. The number of hydrogen-bond donors (Lipinski definition) is 2. The molecule has 0 radical (unpaired) electrons. The number of nitrogens with zero attached hydrogens (tertiary/aromatic N) is 1. The van der Waals surface area contributed by atoms with Crippen molar-refractivity contribution in [3.63, 3.8) is 0 Å². The van der Waals surface area contributed by atoms with Crippen LogP contribution in [0.2, 0.25) is 0 Å². The van der Waals surface area contributed by atoms with Gasteiger partial charge in [0.25, 0.3) is 0 Å². The van der Waals surface area contributed by atoms with Gasteiger partial charge in [-0.05, 0) is 25.5 Å². The standard InChI is InChI=1S/C11H13FN2O/c1-8(5-6-15)14-11-4-2-3-10(12)9(11)7-13/h2-4,8,14-15H,5-6H2,1H3. The van der Waals surface area contributed by atoms with Crippen LogP contribution in [0.4, 0.5) is 10.1 Å². The van der Waals surface area contributed by atoms with Crippen molar-refractivity contribution in [3.05, 3.63) is 29.6 Å². The van der Waals surface area contributed by atoms with E-state index in [9.17, 15) is 4.39 Å². The van der Waals surface area contributed by atoms with E-state index in [4.69, 9.17) is 10.4 Å². The fourth-order valence-corrected chi connectivity index (χ4v) is 1.29. The van der Waals surface area contributed by atoms with Gasteiger partial charge in [-0.2, -0.15) is 5.26 Å². The van der Waals surface area contributed by atoms with E-state index in [2.05, 4.69) is 5.32 Å². The Balaban J connectivity index is 2.86. The number of aliphatic hydroxyl groups excluding tert-OH is 1. The topological polar surface area (TPSA) is 56.0 Å². The smallest absolute Gasteiger partial charge is 0.143 e. The van der Waals surface area contributed by atoms with Crippen molar-refractivity contribution >= 4 is 5.69 Å². The number of benzene rings is 1. The Hall–Kier alpha value is -1.60. The van der Waals surface area contributed by atoms with Crippen molar-refractivity contribution in [3.8, 4) is 6.07 Å². The molecule has 2 N–H and O–H groups in total. The van der Waals surface area contributed by atoms with Gasteiger partial charge in [0.1, 0.15) is 17.4 Å². The zero-order chi connectivity index (χ0) is 11.3. The van der Waals surface area contributed by atoms with Crippen LogP contribution in [0, 0.1) is 17.1 Å². The number of halogens is 1. The summed E-state index contributed by atoms with van der Waals surface area (Å²) < 4.78 is 13.2. The van der Waals surface area contributed by atoms with Crippen molar-refractivity contribution in [2.75, 3.05) is 11.9 Å². The van der Waals surface area contributed by atoms with E-state index >= 15 is 0 Å². The predicted molar refractivity (Wildman–Crippen MR) is 55.9 cm³/mol. The van der Waals surface area contributed by atoms with Crippen LogP contribution < -0.4 is 5.32 Å². The van der Waals surface area contributed by atoms with Gasteiger partial charge in [0, 0.05) is 12.6 Å². The van der Waals surface area contributed by atoms with E-state index in [0.717, 1.165) is 0 Å². The number of hydrogen-bond acceptors (Lipinski definition) is 3. The van der Waals surface area contributed by atoms with Gasteiger partial charge in [-0.1, -0.05) is 6.07 Å². The third-order valence-corrected chi connectivity index (χ3v) is 2.09. The van der Waals surface area contributed by atoms with E-state index in [1.165, 1.54) is 6.07 Å². The first-order valence-corrected chi connectivity index (χ1v) is 4.75. The molecule has 15 heavy (non-hydrogen) atoms. The lowest BCUT2D eigenvalue weighted by Gasteiger charge is -2.14. The number of nitriles is 1. The molecule has 4 heteroatoms. The molecule has 0 fully saturated rings. The Morgan fingerprint density at radius 3 is 2.93 bits per heavy atom. The lowest BCUT2D eigenvalue weighted by molar-refractivity contribution is 0.282. The van der Waals surface area contributed by atoms with E-state index in [0.29, 0.717) is 12.1 Å². The molecule has 3 nitrogen and oxygen atoms in total. The summed E-state index contributed by atoms with van der Waals surface area (Å²) in [5.41, 5.74) is 0.487. The lowest BCUT2D eigenvalue weighted by Crippen LogP contribution is -2.17. The maximum Gasteiger partial charge on any atom is 0.143 e. The maximum absolute atomic E-state index is 13.2. The van der Waals surface area contributed by atoms with Crippen molar-refractivity contribution in [1.82, 2.24) is 0 Å². The van der Waals surface area contributed by atoms with Crippen molar-refractivity contribution < 1.29 is 9.50 Å². The molecule has 1 unspecified atom stereocenters. The molecule has 0 aliphatic rings. The molecule has 1 aromatic carbocycles. The lowest BCUT2D eigenvalue weighted by atomic mass is 10.1. The highest BCUT2D eigenvalue weighted by molar-refractivity contribution is 5.58. The maximum atomic E-state index is 13.2. The summed E-state index contributed by atoms with van der Waals surface area (Å²) in [6.07, 6.45) is 0.557. The number of aliphatic hydroxyl groups is 1. The average Bonchev–Trinajstić information content (AvgIpc) is 2.18. The van der Waals surface area contributed by atoms with E-state index in [-0.39, 0.29) is 18.2 Å². The Kier molecular flexibility index (Phi) is 4.07. The highest BCUT2D eigenvalue weighted by Gasteiger charge is 2.09. The Morgan fingerprint density at radius 2 is 2.33 bits per heavy atom. The summed E-state index contributed by atoms with van der Waals surface area (Å²) in [6, 6.07) is 6.26. The van der Waals surface area contributed by atoms with Crippen molar-refractivity contribution in [1.29, 1.82) is 5.26 Å².